The molecule has 0 aromatic heterocycles. The monoisotopic (exact) mass is 228 g/mol. The molecule has 1 aliphatic heterocycles. The van der Waals surface area contributed by atoms with E-state index in [1.165, 1.54) is 6.42 Å². The summed E-state index contributed by atoms with van der Waals surface area (Å²) in [4.78, 5) is 0. The second-order valence-corrected chi connectivity index (χ2v) is 6.13. The first-order chi connectivity index (χ1) is 7.51. The molecule has 3 nitrogen and oxygen atoms in total. The molecule has 0 aromatic rings. The van der Waals surface area contributed by atoms with E-state index >= 15 is 0 Å². The number of ether oxygens (including phenoxy) is 1. The third-order valence-corrected chi connectivity index (χ3v) is 4.57. The molecule has 2 fully saturated rings. The van der Waals surface area contributed by atoms with Gasteiger partial charge in [-0.2, -0.15) is 0 Å². The molecule has 0 spiro atoms. The molecule has 0 radical (unpaired) electrons. The zero-order valence-corrected chi connectivity index (χ0v) is 10.4. The second-order valence-electron chi connectivity index (χ2n) is 6.13. The first kappa shape index (κ1) is 12.3. The summed E-state index contributed by atoms with van der Waals surface area (Å²) in [5.74, 6) is 1.17. The summed E-state index contributed by atoms with van der Waals surface area (Å²) >= 11 is 0. The topological polar surface area (TPSA) is 49.7 Å². The lowest BCUT2D eigenvalue weighted by molar-refractivity contribution is -0.143. The lowest BCUT2D eigenvalue weighted by Gasteiger charge is -2.49. The first-order valence-electron chi connectivity index (χ1n) is 6.42. The highest BCUT2D eigenvalue weighted by Crippen LogP contribution is 2.51. The molecular formula is C13H24O3. The third-order valence-electron chi connectivity index (χ3n) is 4.57. The van der Waals surface area contributed by atoms with Gasteiger partial charge in [0.25, 0.3) is 0 Å². The molecule has 2 aliphatic rings. The van der Waals surface area contributed by atoms with Crippen LogP contribution >= 0.6 is 0 Å². The van der Waals surface area contributed by atoms with Crippen LogP contribution in [0.5, 0.6) is 0 Å². The van der Waals surface area contributed by atoms with Crippen molar-refractivity contribution in [1.82, 2.24) is 0 Å². The van der Waals surface area contributed by atoms with Crippen LogP contribution in [0.3, 0.4) is 0 Å². The molecule has 1 saturated carbocycles. The number of aliphatic hydroxyl groups excluding tert-OH is 1. The zero-order chi connectivity index (χ0) is 11.8. The molecule has 94 valence electrons. The highest BCUT2D eigenvalue weighted by molar-refractivity contribution is 5.04. The highest BCUT2D eigenvalue weighted by atomic mass is 16.5. The van der Waals surface area contributed by atoms with Crippen molar-refractivity contribution in [3.05, 3.63) is 0 Å². The molecule has 2 N–H and O–H groups in total. The molecule has 16 heavy (non-hydrogen) atoms. The molecular weight excluding hydrogens is 204 g/mol. The Hall–Kier alpha value is -0.120. The Balaban J connectivity index is 2.23. The lowest BCUT2D eigenvalue weighted by atomic mass is 9.58. The SMILES string of the molecule is CC1CC(C)CC(CO)(C2(O)CCOC2)C1. The number of aliphatic hydroxyl groups is 2. The molecule has 2 rings (SSSR count). The minimum Gasteiger partial charge on any atom is -0.396 e. The average molecular weight is 228 g/mol. The summed E-state index contributed by atoms with van der Waals surface area (Å²) in [5, 5.41) is 20.5. The van der Waals surface area contributed by atoms with E-state index in [1.54, 1.807) is 0 Å². The van der Waals surface area contributed by atoms with Crippen molar-refractivity contribution in [3.8, 4) is 0 Å². The number of hydrogen-bond donors (Lipinski definition) is 2. The summed E-state index contributed by atoms with van der Waals surface area (Å²) in [5.41, 5.74) is -1.13. The largest absolute Gasteiger partial charge is 0.396 e. The number of hydrogen-bond acceptors (Lipinski definition) is 3. The van der Waals surface area contributed by atoms with Gasteiger partial charge < -0.3 is 14.9 Å². The van der Waals surface area contributed by atoms with Gasteiger partial charge in [0.15, 0.2) is 0 Å². The Morgan fingerprint density at radius 1 is 1.25 bits per heavy atom. The van der Waals surface area contributed by atoms with Gasteiger partial charge in [0.1, 0.15) is 0 Å². The fourth-order valence-electron chi connectivity index (χ4n) is 3.90. The van der Waals surface area contributed by atoms with Crippen LogP contribution < -0.4 is 0 Å². The summed E-state index contributed by atoms with van der Waals surface area (Å²) in [6.45, 7) is 5.55. The predicted molar refractivity (Wildman–Crippen MR) is 62.1 cm³/mol. The first-order valence-corrected chi connectivity index (χ1v) is 6.42. The van der Waals surface area contributed by atoms with Gasteiger partial charge in [-0.05, 0) is 31.1 Å². The van der Waals surface area contributed by atoms with Gasteiger partial charge in [0, 0.05) is 18.4 Å². The van der Waals surface area contributed by atoms with Gasteiger partial charge in [-0.1, -0.05) is 13.8 Å². The van der Waals surface area contributed by atoms with Crippen molar-refractivity contribution >= 4 is 0 Å². The van der Waals surface area contributed by atoms with Crippen molar-refractivity contribution in [2.45, 2.75) is 45.1 Å². The summed E-state index contributed by atoms with van der Waals surface area (Å²) < 4.78 is 5.35. The molecule has 0 bridgehead atoms. The van der Waals surface area contributed by atoms with Gasteiger partial charge in [0.05, 0.1) is 18.8 Å². The van der Waals surface area contributed by atoms with Crippen molar-refractivity contribution in [2.75, 3.05) is 19.8 Å². The van der Waals surface area contributed by atoms with Crippen LogP contribution in [0, 0.1) is 17.3 Å². The maximum Gasteiger partial charge on any atom is 0.0979 e. The van der Waals surface area contributed by atoms with E-state index in [2.05, 4.69) is 13.8 Å². The van der Waals surface area contributed by atoms with E-state index in [9.17, 15) is 10.2 Å². The van der Waals surface area contributed by atoms with Crippen LogP contribution in [0.2, 0.25) is 0 Å². The molecule has 0 amide bonds. The fraction of sp³-hybridized carbons (Fsp3) is 1.00. The summed E-state index contributed by atoms with van der Waals surface area (Å²) in [6, 6.07) is 0. The molecule has 3 unspecified atom stereocenters. The van der Waals surface area contributed by atoms with E-state index in [1.807, 2.05) is 0 Å². The number of rotatable bonds is 2. The van der Waals surface area contributed by atoms with E-state index in [4.69, 9.17) is 4.74 Å². The normalized spacial score (nSPS) is 49.5. The Morgan fingerprint density at radius 3 is 2.31 bits per heavy atom. The molecule has 1 saturated heterocycles. The van der Waals surface area contributed by atoms with E-state index in [0.29, 0.717) is 31.5 Å². The van der Waals surface area contributed by atoms with Crippen LogP contribution in [-0.2, 0) is 4.74 Å². The minimum absolute atomic E-state index is 0.0849. The van der Waals surface area contributed by atoms with Crippen LogP contribution in [0.1, 0.15) is 39.5 Å². The summed E-state index contributed by atoms with van der Waals surface area (Å²) in [6.07, 6.45) is 3.73. The predicted octanol–water partition coefficient (Wildman–Crippen LogP) is 1.57. The van der Waals surface area contributed by atoms with E-state index in [-0.39, 0.29) is 12.0 Å². The van der Waals surface area contributed by atoms with Crippen LogP contribution in [0.25, 0.3) is 0 Å². The average Bonchev–Trinajstić information content (AvgIpc) is 2.65. The molecule has 3 atom stereocenters. The van der Waals surface area contributed by atoms with Gasteiger partial charge in [-0.3, -0.25) is 0 Å². The molecule has 0 aromatic carbocycles. The maximum atomic E-state index is 10.7. The minimum atomic E-state index is -0.801. The molecule has 1 aliphatic carbocycles. The van der Waals surface area contributed by atoms with E-state index in [0.717, 1.165) is 12.8 Å². The molecule has 3 heteroatoms. The van der Waals surface area contributed by atoms with Gasteiger partial charge in [-0.25, -0.2) is 0 Å². The Kier molecular flexibility index (Phi) is 3.30. The van der Waals surface area contributed by atoms with Crippen molar-refractivity contribution in [2.24, 2.45) is 17.3 Å². The van der Waals surface area contributed by atoms with Gasteiger partial charge >= 0.3 is 0 Å². The van der Waals surface area contributed by atoms with Crippen LogP contribution in [-0.4, -0.2) is 35.6 Å². The smallest absolute Gasteiger partial charge is 0.0979 e. The molecule has 1 heterocycles. The third kappa shape index (κ3) is 1.89. The van der Waals surface area contributed by atoms with Crippen LogP contribution in [0.15, 0.2) is 0 Å². The Morgan fingerprint density at radius 2 is 1.88 bits per heavy atom. The van der Waals surface area contributed by atoms with E-state index < -0.39 is 5.60 Å². The van der Waals surface area contributed by atoms with Gasteiger partial charge in [-0.15, -0.1) is 0 Å². The van der Waals surface area contributed by atoms with Crippen molar-refractivity contribution in [1.29, 1.82) is 0 Å². The standard InChI is InChI=1S/C13H24O3/c1-10-5-11(2)7-12(6-10,8-14)13(15)3-4-16-9-13/h10-11,14-15H,3-9H2,1-2H3. The quantitative estimate of drug-likeness (QED) is 0.754. The van der Waals surface area contributed by atoms with Gasteiger partial charge in [0.2, 0.25) is 0 Å². The zero-order valence-electron chi connectivity index (χ0n) is 10.4. The van der Waals surface area contributed by atoms with Crippen molar-refractivity contribution < 1.29 is 14.9 Å². The highest BCUT2D eigenvalue weighted by Gasteiger charge is 2.54. The maximum absolute atomic E-state index is 10.7. The second kappa shape index (κ2) is 4.28. The van der Waals surface area contributed by atoms with Crippen molar-refractivity contribution in [3.63, 3.8) is 0 Å². The Bertz CT molecular complexity index is 236. The fourth-order valence-corrected chi connectivity index (χ4v) is 3.90. The van der Waals surface area contributed by atoms with Crippen LogP contribution in [0.4, 0.5) is 0 Å². The summed E-state index contributed by atoms with van der Waals surface area (Å²) in [7, 11) is 0. The Labute approximate surface area is 97.8 Å². The lowest BCUT2D eigenvalue weighted by Crippen LogP contribution is -2.54.